The van der Waals surface area contributed by atoms with Crippen LogP contribution in [0.25, 0.3) is 5.57 Å². The van der Waals surface area contributed by atoms with Crippen LogP contribution in [0.3, 0.4) is 0 Å². The fraction of sp³-hybridized carbons (Fsp3) is 0.438. The molecule has 0 amide bonds. The van der Waals surface area contributed by atoms with Crippen molar-refractivity contribution in [1.29, 1.82) is 0 Å². The number of allylic oxidation sites excluding steroid dienone is 5. The van der Waals surface area contributed by atoms with E-state index in [1.807, 2.05) is 39.0 Å². The van der Waals surface area contributed by atoms with E-state index in [2.05, 4.69) is 23.4 Å². The van der Waals surface area contributed by atoms with Crippen molar-refractivity contribution in [3.63, 3.8) is 0 Å². The summed E-state index contributed by atoms with van der Waals surface area (Å²) in [5.41, 5.74) is 2.18. The molecular formula is C16H24N2S. The summed E-state index contributed by atoms with van der Waals surface area (Å²) in [6.07, 6.45) is 10.4. The molecule has 2 rings (SSSR count). The Bertz CT molecular complexity index is 437. The van der Waals surface area contributed by atoms with Gasteiger partial charge in [-0.1, -0.05) is 44.7 Å². The summed E-state index contributed by atoms with van der Waals surface area (Å²) in [7, 11) is 0. The molecule has 104 valence electrons. The molecule has 0 aliphatic carbocycles. The van der Waals surface area contributed by atoms with Gasteiger partial charge in [-0.25, -0.2) is 4.98 Å². The lowest BCUT2D eigenvalue weighted by atomic mass is 10.1. The minimum Gasteiger partial charge on any atom is -0.308 e. The summed E-state index contributed by atoms with van der Waals surface area (Å²) < 4.78 is 0. The van der Waals surface area contributed by atoms with Crippen LogP contribution in [0.1, 0.15) is 50.4 Å². The first-order valence-corrected chi connectivity index (χ1v) is 7.87. The average molecular weight is 276 g/mol. The molecule has 1 aromatic rings. The van der Waals surface area contributed by atoms with E-state index < -0.39 is 0 Å². The molecular weight excluding hydrogens is 252 g/mol. The number of rotatable bonds is 4. The molecule has 1 aromatic heterocycles. The number of nitrogens with one attached hydrogen (secondary N) is 1. The Morgan fingerprint density at radius 2 is 2.32 bits per heavy atom. The number of thiazole rings is 1. The zero-order chi connectivity index (χ0) is 14.1. The van der Waals surface area contributed by atoms with E-state index in [0.717, 1.165) is 17.8 Å². The Hall–Kier alpha value is -1.19. The van der Waals surface area contributed by atoms with E-state index >= 15 is 0 Å². The number of nitrogens with zero attached hydrogens (tertiary/aromatic N) is 1. The fourth-order valence-electron chi connectivity index (χ4n) is 2.01. The first kappa shape index (κ1) is 15.9. The van der Waals surface area contributed by atoms with Crippen LogP contribution in [0.4, 0.5) is 0 Å². The van der Waals surface area contributed by atoms with Crippen molar-refractivity contribution in [2.75, 3.05) is 6.54 Å². The molecule has 1 saturated heterocycles. The molecule has 1 unspecified atom stereocenters. The van der Waals surface area contributed by atoms with Crippen molar-refractivity contribution in [3.05, 3.63) is 47.0 Å². The Morgan fingerprint density at radius 3 is 2.89 bits per heavy atom. The lowest BCUT2D eigenvalue weighted by Gasteiger charge is -2.04. The van der Waals surface area contributed by atoms with Crippen LogP contribution in [-0.4, -0.2) is 11.5 Å². The van der Waals surface area contributed by atoms with Gasteiger partial charge in [0.25, 0.3) is 0 Å². The van der Waals surface area contributed by atoms with Crippen molar-refractivity contribution >= 4 is 16.9 Å². The van der Waals surface area contributed by atoms with Gasteiger partial charge in [0.15, 0.2) is 0 Å². The summed E-state index contributed by atoms with van der Waals surface area (Å²) in [4.78, 5) is 4.72. The topological polar surface area (TPSA) is 24.9 Å². The van der Waals surface area contributed by atoms with Gasteiger partial charge in [0, 0.05) is 11.0 Å². The SMILES string of the molecule is C=C/C=C(\C=C/C)c1csc(C2CCCN2)n1.CC. The van der Waals surface area contributed by atoms with Gasteiger partial charge in [-0.05, 0) is 26.3 Å². The van der Waals surface area contributed by atoms with Gasteiger partial charge in [-0.2, -0.15) is 0 Å². The van der Waals surface area contributed by atoms with E-state index in [-0.39, 0.29) is 0 Å². The van der Waals surface area contributed by atoms with Crippen molar-refractivity contribution in [3.8, 4) is 0 Å². The van der Waals surface area contributed by atoms with Crippen molar-refractivity contribution in [2.45, 2.75) is 39.7 Å². The predicted octanol–water partition coefficient (Wildman–Crippen LogP) is 4.74. The second-order valence-corrected chi connectivity index (χ2v) is 4.97. The maximum Gasteiger partial charge on any atom is 0.110 e. The van der Waals surface area contributed by atoms with Gasteiger partial charge in [0.2, 0.25) is 0 Å². The zero-order valence-electron chi connectivity index (χ0n) is 12.1. The van der Waals surface area contributed by atoms with Gasteiger partial charge in [0.1, 0.15) is 5.01 Å². The summed E-state index contributed by atoms with van der Waals surface area (Å²) in [5, 5.41) is 6.81. The molecule has 3 heteroatoms. The van der Waals surface area contributed by atoms with Crippen LogP contribution in [0, 0.1) is 0 Å². The molecule has 1 aliphatic rings. The molecule has 0 radical (unpaired) electrons. The maximum atomic E-state index is 4.72. The highest BCUT2D eigenvalue weighted by molar-refractivity contribution is 7.09. The van der Waals surface area contributed by atoms with E-state index in [1.54, 1.807) is 11.3 Å². The fourth-order valence-corrected chi connectivity index (χ4v) is 2.95. The molecule has 0 aromatic carbocycles. The lowest BCUT2D eigenvalue weighted by Crippen LogP contribution is -2.12. The van der Waals surface area contributed by atoms with Gasteiger partial charge in [0.05, 0.1) is 11.7 Å². The Kier molecular flexibility index (Phi) is 7.38. The summed E-state index contributed by atoms with van der Waals surface area (Å²) >= 11 is 1.74. The molecule has 0 bridgehead atoms. The van der Waals surface area contributed by atoms with Gasteiger partial charge in [-0.3, -0.25) is 0 Å². The minimum absolute atomic E-state index is 0.462. The third-order valence-corrected chi connectivity index (χ3v) is 3.78. The molecule has 1 N–H and O–H groups in total. The first-order chi connectivity index (χ1) is 9.35. The summed E-state index contributed by atoms with van der Waals surface area (Å²) in [6, 6.07) is 0.462. The first-order valence-electron chi connectivity index (χ1n) is 6.99. The van der Waals surface area contributed by atoms with Crippen LogP contribution in [0.2, 0.25) is 0 Å². The van der Waals surface area contributed by atoms with E-state index in [0.29, 0.717) is 6.04 Å². The van der Waals surface area contributed by atoms with Gasteiger partial charge in [-0.15, -0.1) is 11.3 Å². The van der Waals surface area contributed by atoms with Gasteiger partial charge < -0.3 is 5.32 Å². The number of aromatic nitrogens is 1. The second kappa shape index (κ2) is 8.83. The molecule has 1 aliphatic heterocycles. The highest BCUT2D eigenvalue weighted by Gasteiger charge is 2.19. The summed E-state index contributed by atoms with van der Waals surface area (Å²) in [6.45, 7) is 10.9. The molecule has 19 heavy (non-hydrogen) atoms. The zero-order valence-corrected chi connectivity index (χ0v) is 13.0. The van der Waals surface area contributed by atoms with Crippen molar-refractivity contribution < 1.29 is 0 Å². The minimum atomic E-state index is 0.462. The van der Waals surface area contributed by atoms with Crippen LogP contribution >= 0.6 is 11.3 Å². The second-order valence-electron chi connectivity index (χ2n) is 4.08. The molecule has 0 spiro atoms. The monoisotopic (exact) mass is 276 g/mol. The molecule has 2 heterocycles. The third-order valence-electron chi connectivity index (χ3n) is 2.82. The third kappa shape index (κ3) is 4.44. The number of hydrogen-bond acceptors (Lipinski definition) is 3. The van der Waals surface area contributed by atoms with E-state index in [9.17, 15) is 0 Å². The lowest BCUT2D eigenvalue weighted by molar-refractivity contribution is 0.642. The van der Waals surface area contributed by atoms with E-state index in [4.69, 9.17) is 4.98 Å². The van der Waals surface area contributed by atoms with Crippen LogP contribution < -0.4 is 5.32 Å². The quantitative estimate of drug-likeness (QED) is 0.803. The Labute approximate surface area is 121 Å². The van der Waals surface area contributed by atoms with Crippen LogP contribution in [0.5, 0.6) is 0 Å². The number of hydrogen-bond donors (Lipinski definition) is 1. The van der Waals surface area contributed by atoms with Crippen LogP contribution in [0.15, 0.2) is 36.3 Å². The Balaban J connectivity index is 0.000000861. The highest BCUT2D eigenvalue weighted by atomic mass is 32.1. The molecule has 1 fully saturated rings. The normalized spacial score (nSPS) is 19.3. The largest absolute Gasteiger partial charge is 0.308 e. The van der Waals surface area contributed by atoms with Crippen LogP contribution in [-0.2, 0) is 0 Å². The highest BCUT2D eigenvalue weighted by Crippen LogP contribution is 2.28. The van der Waals surface area contributed by atoms with Gasteiger partial charge >= 0.3 is 0 Å². The Morgan fingerprint density at radius 1 is 1.53 bits per heavy atom. The average Bonchev–Trinajstić information content (AvgIpc) is 3.12. The predicted molar refractivity (Wildman–Crippen MR) is 86.4 cm³/mol. The maximum absolute atomic E-state index is 4.72. The smallest absolute Gasteiger partial charge is 0.110 e. The standard InChI is InChI=1S/C14H18N2S.C2H6/c1-3-6-11(7-4-2)13-10-17-14(16-13)12-8-5-9-15-12;1-2/h3-4,6-7,10,12,15H,1,5,8-9H2,2H3;1-2H3/b7-4-,11-6+;. The summed E-state index contributed by atoms with van der Waals surface area (Å²) in [5.74, 6) is 0. The van der Waals surface area contributed by atoms with Crippen molar-refractivity contribution in [2.24, 2.45) is 0 Å². The van der Waals surface area contributed by atoms with E-state index in [1.165, 1.54) is 17.8 Å². The molecule has 0 saturated carbocycles. The van der Waals surface area contributed by atoms with Crippen molar-refractivity contribution in [1.82, 2.24) is 10.3 Å². The molecule has 1 atom stereocenters. The molecule has 2 nitrogen and oxygen atoms in total.